The number of aliphatic hydroxyl groups excluding tert-OH is 3. The maximum Gasteiger partial charge on any atom is 0.105 e. The average molecular weight is 225 g/mol. The summed E-state index contributed by atoms with van der Waals surface area (Å²) in [6, 6.07) is 6.98. The van der Waals surface area contributed by atoms with Gasteiger partial charge in [-0.05, 0) is 31.1 Å². The summed E-state index contributed by atoms with van der Waals surface area (Å²) in [7, 11) is 1.80. The molecule has 0 saturated carbocycles. The van der Waals surface area contributed by atoms with Gasteiger partial charge in [-0.2, -0.15) is 0 Å². The van der Waals surface area contributed by atoms with E-state index in [0.29, 0.717) is 18.5 Å². The SMILES string of the molecule is CNCCC(O)C(O)c1cccc(CO)c1. The summed E-state index contributed by atoms with van der Waals surface area (Å²) in [5, 5.41) is 31.5. The first kappa shape index (κ1) is 13.1. The van der Waals surface area contributed by atoms with Gasteiger partial charge in [-0.15, -0.1) is 0 Å². The van der Waals surface area contributed by atoms with Gasteiger partial charge < -0.3 is 20.6 Å². The molecule has 16 heavy (non-hydrogen) atoms. The molecule has 2 atom stereocenters. The van der Waals surface area contributed by atoms with Crippen LogP contribution in [0.5, 0.6) is 0 Å². The van der Waals surface area contributed by atoms with Gasteiger partial charge in [-0.1, -0.05) is 24.3 Å². The Kier molecular flexibility index (Phi) is 5.42. The Morgan fingerprint density at radius 1 is 1.31 bits per heavy atom. The molecule has 0 radical (unpaired) electrons. The average Bonchev–Trinajstić information content (AvgIpc) is 2.35. The van der Waals surface area contributed by atoms with Crippen molar-refractivity contribution in [2.45, 2.75) is 25.2 Å². The van der Waals surface area contributed by atoms with Crippen LogP contribution in [0.1, 0.15) is 23.7 Å². The van der Waals surface area contributed by atoms with Crippen LogP contribution in [0.3, 0.4) is 0 Å². The molecule has 0 aliphatic heterocycles. The highest BCUT2D eigenvalue weighted by Crippen LogP contribution is 2.19. The minimum absolute atomic E-state index is 0.0623. The molecule has 4 nitrogen and oxygen atoms in total. The molecule has 0 bridgehead atoms. The number of rotatable bonds is 6. The third-order valence-corrected chi connectivity index (χ3v) is 2.53. The van der Waals surface area contributed by atoms with E-state index in [9.17, 15) is 10.2 Å². The third-order valence-electron chi connectivity index (χ3n) is 2.53. The number of benzene rings is 1. The maximum absolute atomic E-state index is 9.88. The molecule has 0 fully saturated rings. The second-order valence-electron chi connectivity index (χ2n) is 3.81. The topological polar surface area (TPSA) is 72.7 Å². The van der Waals surface area contributed by atoms with Crippen molar-refractivity contribution in [1.29, 1.82) is 0 Å². The van der Waals surface area contributed by atoms with Gasteiger partial charge >= 0.3 is 0 Å². The maximum atomic E-state index is 9.88. The smallest absolute Gasteiger partial charge is 0.105 e. The summed E-state index contributed by atoms with van der Waals surface area (Å²) < 4.78 is 0. The lowest BCUT2D eigenvalue weighted by Crippen LogP contribution is -2.23. The van der Waals surface area contributed by atoms with Crippen LogP contribution in [0, 0.1) is 0 Å². The van der Waals surface area contributed by atoms with E-state index in [1.54, 1.807) is 31.3 Å². The molecule has 4 N–H and O–H groups in total. The van der Waals surface area contributed by atoms with Gasteiger partial charge in [0.15, 0.2) is 0 Å². The van der Waals surface area contributed by atoms with E-state index in [0.717, 1.165) is 5.56 Å². The van der Waals surface area contributed by atoms with Crippen LogP contribution in [0.25, 0.3) is 0 Å². The van der Waals surface area contributed by atoms with Crippen molar-refractivity contribution in [1.82, 2.24) is 5.32 Å². The van der Waals surface area contributed by atoms with Crippen LogP contribution in [0.15, 0.2) is 24.3 Å². The summed E-state index contributed by atoms with van der Waals surface area (Å²) in [5.74, 6) is 0. The van der Waals surface area contributed by atoms with Crippen LogP contribution in [0.2, 0.25) is 0 Å². The molecular weight excluding hydrogens is 206 g/mol. The molecule has 2 unspecified atom stereocenters. The van der Waals surface area contributed by atoms with E-state index in [-0.39, 0.29) is 6.61 Å². The number of nitrogens with one attached hydrogen (secondary N) is 1. The first-order chi connectivity index (χ1) is 7.69. The summed E-state index contributed by atoms with van der Waals surface area (Å²) in [6.07, 6.45) is -1.21. The Morgan fingerprint density at radius 2 is 2.06 bits per heavy atom. The quantitative estimate of drug-likeness (QED) is 0.557. The minimum Gasteiger partial charge on any atom is -0.392 e. The third kappa shape index (κ3) is 3.57. The monoisotopic (exact) mass is 225 g/mol. The minimum atomic E-state index is -0.903. The van der Waals surface area contributed by atoms with Crippen molar-refractivity contribution in [2.75, 3.05) is 13.6 Å². The number of aliphatic hydroxyl groups is 3. The van der Waals surface area contributed by atoms with Crippen molar-refractivity contribution < 1.29 is 15.3 Å². The van der Waals surface area contributed by atoms with Crippen LogP contribution in [-0.2, 0) is 6.61 Å². The Morgan fingerprint density at radius 3 is 2.69 bits per heavy atom. The summed E-state index contributed by atoms with van der Waals surface area (Å²) >= 11 is 0. The Hall–Kier alpha value is -0.940. The molecule has 90 valence electrons. The molecule has 4 heteroatoms. The van der Waals surface area contributed by atoms with Gasteiger partial charge in [0.25, 0.3) is 0 Å². The van der Waals surface area contributed by atoms with Crippen molar-refractivity contribution >= 4 is 0 Å². The highest BCUT2D eigenvalue weighted by Gasteiger charge is 2.17. The molecule has 0 heterocycles. The Labute approximate surface area is 95.6 Å². The van der Waals surface area contributed by atoms with Gasteiger partial charge in [-0.3, -0.25) is 0 Å². The van der Waals surface area contributed by atoms with E-state index in [1.807, 2.05) is 0 Å². The zero-order valence-electron chi connectivity index (χ0n) is 9.43. The zero-order valence-corrected chi connectivity index (χ0v) is 9.43. The molecular formula is C12H19NO3. The molecule has 1 rings (SSSR count). The normalized spacial score (nSPS) is 14.8. The Bertz CT molecular complexity index is 317. The first-order valence-electron chi connectivity index (χ1n) is 5.39. The van der Waals surface area contributed by atoms with E-state index >= 15 is 0 Å². The van der Waals surface area contributed by atoms with Gasteiger partial charge in [0.1, 0.15) is 6.10 Å². The lowest BCUT2D eigenvalue weighted by atomic mass is 10.0. The highest BCUT2D eigenvalue weighted by molar-refractivity contribution is 5.25. The van der Waals surface area contributed by atoms with Crippen molar-refractivity contribution in [3.8, 4) is 0 Å². The second kappa shape index (κ2) is 6.60. The molecule has 0 aliphatic rings. The fourth-order valence-electron chi connectivity index (χ4n) is 1.55. The van der Waals surface area contributed by atoms with Crippen LogP contribution >= 0.6 is 0 Å². The summed E-state index contributed by atoms with van der Waals surface area (Å²) in [6.45, 7) is 0.588. The van der Waals surface area contributed by atoms with Gasteiger partial charge in [0.05, 0.1) is 12.7 Å². The molecule has 0 amide bonds. The summed E-state index contributed by atoms with van der Waals surface area (Å²) in [4.78, 5) is 0. The van der Waals surface area contributed by atoms with Crippen molar-refractivity contribution in [3.05, 3.63) is 35.4 Å². The molecule has 0 aliphatic carbocycles. The van der Waals surface area contributed by atoms with Gasteiger partial charge in [0.2, 0.25) is 0 Å². The van der Waals surface area contributed by atoms with Crippen LogP contribution in [-0.4, -0.2) is 35.0 Å². The Balaban J connectivity index is 2.67. The van der Waals surface area contributed by atoms with Gasteiger partial charge in [-0.25, -0.2) is 0 Å². The lowest BCUT2D eigenvalue weighted by molar-refractivity contribution is 0.0139. The molecule has 0 aromatic heterocycles. The van der Waals surface area contributed by atoms with Crippen molar-refractivity contribution in [2.24, 2.45) is 0 Å². The largest absolute Gasteiger partial charge is 0.392 e. The van der Waals surface area contributed by atoms with E-state index in [2.05, 4.69) is 5.32 Å². The predicted octanol–water partition coefficient (Wildman–Crippen LogP) is 0.183. The van der Waals surface area contributed by atoms with Crippen LogP contribution < -0.4 is 5.32 Å². The number of hydrogen-bond donors (Lipinski definition) is 4. The number of hydrogen-bond acceptors (Lipinski definition) is 4. The van der Waals surface area contributed by atoms with Crippen molar-refractivity contribution in [3.63, 3.8) is 0 Å². The standard InChI is InChI=1S/C12H19NO3/c1-13-6-5-11(15)12(16)10-4-2-3-9(7-10)8-14/h2-4,7,11-16H,5-6,8H2,1H3. The fraction of sp³-hybridized carbons (Fsp3) is 0.500. The molecule has 0 saturated heterocycles. The van der Waals surface area contributed by atoms with Gasteiger partial charge in [0, 0.05) is 0 Å². The second-order valence-corrected chi connectivity index (χ2v) is 3.81. The molecule has 1 aromatic rings. The van der Waals surface area contributed by atoms with E-state index < -0.39 is 12.2 Å². The predicted molar refractivity (Wildman–Crippen MR) is 61.9 cm³/mol. The van der Waals surface area contributed by atoms with E-state index in [4.69, 9.17) is 5.11 Å². The molecule has 1 aromatic carbocycles. The fourth-order valence-corrected chi connectivity index (χ4v) is 1.55. The zero-order chi connectivity index (χ0) is 12.0. The summed E-state index contributed by atoms with van der Waals surface area (Å²) in [5.41, 5.74) is 1.37. The highest BCUT2D eigenvalue weighted by atomic mass is 16.3. The lowest BCUT2D eigenvalue weighted by Gasteiger charge is -2.18. The van der Waals surface area contributed by atoms with Crippen LogP contribution in [0.4, 0.5) is 0 Å². The first-order valence-corrected chi connectivity index (χ1v) is 5.39. The molecule has 0 spiro atoms. The van der Waals surface area contributed by atoms with E-state index in [1.165, 1.54) is 0 Å².